The van der Waals surface area contributed by atoms with E-state index in [0.717, 1.165) is 24.0 Å². The zero-order valence-electron chi connectivity index (χ0n) is 22.6. The summed E-state index contributed by atoms with van der Waals surface area (Å²) in [5.74, 6) is 0.689. The third-order valence-corrected chi connectivity index (χ3v) is 7.49. The molecule has 202 valence electrons. The second-order valence-corrected chi connectivity index (χ2v) is 10.2. The highest BCUT2D eigenvalue weighted by atomic mass is 16.5. The molecule has 3 aromatic rings. The van der Waals surface area contributed by atoms with Gasteiger partial charge in [0.05, 0.1) is 18.5 Å². The highest BCUT2D eigenvalue weighted by Crippen LogP contribution is 2.39. The van der Waals surface area contributed by atoms with E-state index < -0.39 is 6.04 Å². The largest absolute Gasteiger partial charge is 0.478 e. The zero-order chi connectivity index (χ0) is 27.4. The minimum Gasteiger partial charge on any atom is -0.478 e. The van der Waals surface area contributed by atoms with Gasteiger partial charge >= 0.3 is 0 Å². The van der Waals surface area contributed by atoms with Gasteiger partial charge in [-0.25, -0.2) is 4.98 Å². The number of hydrogen-bond donors (Lipinski definition) is 1. The summed E-state index contributed by atoms with van der Waals surface area (Å²) in [5, 5.41) is 0. The van der Waals surface area contributed by atoms with Crippen molar-refractivity contribution in [3.8, 4) is 5.75 Å². The van der Waals surface area contributed by atoms with E-state index in [-0.39, 0.29) is 23.5 Å². The number of aryl methyl sites for hydroxylation is 1. The first-order valence-electron chi connectivity index (χ1n) is 13.8. The molecule has 5 rings (SSSR count). The summed E-state index contributed by atoms with van der Waals surface area (Å²) in [5.41, 5.74) is 8.93. The van der Waals surface area contributed by atoms with Crippen LogP contribution >= 0.6 is 0 Å². The van der Waals surface area contributed by atoms with Crippen LogP contribution in [0.25, 0.3) is 0 Å². The topological polar surface area (TPSA) is 90.5 Å². The minimum atomic E-state index is -0.402. The zero-order valence-corrected chi connectivity index (χ0v) is 22.6. The average molecular weight is 525 g/mol. The standard InChI is InChI=1S/C32H36N4O3/c1-3-26(35(20-10-9-19-33)31(37)24-17-15-22(2)16-18-24)30-34-28-25-13-7-8-14-27(25)39-29(28)32(38)36(30)21-23-11-5-4-6-12-23/h4-8,11-18,25-27H,3,9-10,19-21,33H2,1-2H3. The van der Waals surface area contributed by atoms with Crippen molar-refractivity contribution in [2.24, 2.45) is 5.73 Å². The number of fused-ring (bicyclic) bond motifs is 3. The molecule has 2 heterocycles. The van der Waals surface area contributed by atoms with E-state index in [1.165, 1.54) is 0 Å². The van der Waals surface area contributed by atoms with E-state index in [1.807, 2.05) is 97.6 Å². The lowest BCUT2D eigenvalue weighted by Gasteiger charge is -2.33. The molecule has 2 N–H and O–H groups in total. The van der Waals surface area contributed by atoms with Gasteiger partial charge in [-0.2, -0.15) is 0 Å². The molecular formula is C32H36N4O3. The lowest BCUT2D eigenvalue weighted by Crippen LogP contribution is -2.40. The number of rotatable bonds is 10. The first-order chi connectivity index (χ1) is 19.0. The van der Waals surface area contributed by atoms with Crippen LogP contribution in [0.5, 0.6) is 5.75 Å². The van der Waals surface area contributed by atoms with Crippen LogP contribution in [0, 0.1) is 6.92 Å². The Kier molecular flexibility index (Phi) is 8.07. The number of allylic oxidation sites excluding steroid dienone is 2. The van der Waals surface area contributed by atoms with Gasteiger partial charge in [-0.3, -0.25) is 14.2 Å². The molecule has 7 heteroatoms. The van der Waals surface area contributed by atoms with E-state index >= 15 is 0 Å². The molecule has 0 saturated carbocycles. The summed E-state index contributed by atoms with van der Waals surface area (Å²) in [7, 11) is 0. The van der Waals surface area contributed by atoms with Crippen LogP contribution in [0.3, 0.4) is 0 Å². The van der Waals surface area contributed by atoms with Crippen LogP contribution in [-0.2, 0) is 6.54 Å². The van der Waals surface area contributed by atoms with E-state index in [9.17, 15) is 9.59 Å². The maximum absolute atomic E-state index is 14.0. The van der Waals surface area contributed by atoms with Crippen LogP contribution in [0.2, 0.25) is 0 Å². The predicted octanol–water partition coefficient (Wildman–Crippen LogP) is 4.90. The van der Waals surface area contributed by atoms with Gasteiger partial charge in [-0.15, -0.1) is 0 Å². The highest BCUT2D eigenvalue weighted by molar-refractivity contribution is 5.94. The number of nitrogens with zero attached hydrogens (tertiary/aromatic N) is 3. The lowest BCUT2D eigenvalue weighted by atomic mass is 9.96. The van der Waals surface area contributed by atoms with Gasteiger partial charge in [0.2, 0.25) is 5.75 Å². The van der Waals surface area contributed by atoms with Crippen LogP contribution in [-0.4, -0.2) is 39.6 Å². The van der Waals surface area contributed by atoms with Crippen molar-refractivity contribution in [3.63, 3.8) is 0 Å². The third kappa shape index (κ3) is 5.45. The van der Waals surface area contributed by atoms with Gasteiger partial charge < -0.3 is 15.4 Å². The van der Waals surface area contributed by atoms with Gasteiger partial charge in [-0.1, -0.05) is 73.2 Å². The molecule has 0 radical (unpaired) electrons. The Balaban J connectivity index is 1.63. The van der Waals surface area contributed by atoms with Crippen molar-refractivity contribution in [1.82, 2.24) is 14.5 Å². The number of carbonyl (C=O) groups excluding carboxylic acids is 1. The molecule has 3 atom stereocenters. The number of unbranched alkanes of at least 4 members (excludes halogenated alkanes) is 1. The lowest BCUT2D eigenvalue weighted by molar-refractivity contribution is 0.0652. The first-order valence-corrected chi connectivity index (χ1v) is 13.8. The molecule has 1 aliphatic heterocycles. The fourth-order valence-corrected chi connectivity index (χ4v) is 5.39. The Bertz CT molecular complexity index is 1430. The summed E-state index contributed by atoms with van der Waals surface area (Å²) in [6.07, 6.45) is 9.82. The third-order valence-electron chi connectivity index (χ3n) is 7.49. The highest BCUT2D eigenvalue weighted by Gasteiger charge is 2.39. The summed E-state index contributed by atoms with van der Waals surface area (Å²) >= 11 is 0. The van der Waals surface area contributed by atoms with Gasteiger partial charge in [0.1, 0.15) is 17.6 Å². The minimum absolute atomic E-state index is 0.0745. The van der Waals surface area contributed by atoms with Gasteiger partial charge in [0.15, 0.2) is 0 Å². The number of benzene rings is 2. The Hall–Kier alpha value is -3.97. The number of ether oxygens (including phenoxy) is 1. The van der Waals surface area contributed by atoms with E-state index in [2.05, 4.69) is 0 Å². The molecule has 0 fully saturated rings. The van der Waals surface area contributed by atoms with E-state index in [1.54, 1.807) is 4.57 Å². The summed E-state index contributed by atoms with van der Waals surface area (Å²) in [6, 6.07) is 17.1. The molecule has 1 aromatic heterocycles. The molecule has 2 aliphatic rings. The molecule has 1 aliphatic carbocycles. The van der Waals surface area contributed by atoms with Gasteiger partial charge in [0.25, 0.3) is 11.5 Å². The number of aromatic nitrogens is 2. The number of amides is 1. The van der Waals surface area contributed by atoms with Gasteiger partial charge in [-0.05, 0) is 56.5 Å². The molecule has 7 nitrogen and oxygen atoms in total. The Morgan fingerprint density at radius 2 is 1.82 bits per heavy atom. The average Bonchev–Trinajstić information content (AvgIpc) is 3.34. The second kappa shape index (κ2) is 11.8. The van der Waals surface area contributed by atoms with Crippen LogP contribution < -0.4 is 16.0 Å². The van der Waals surface area contributed by atoms with Crippen LogP contribution in [0.4, 0.5) is 0 Å². The van der Waals surface area contributed by atoms with Crippen molar-refractivity contribution in [3.05, 3.63) is 117 Å². The van der Waals surface area contributed by atoms with Crippen molar-refractivity contribution >= 4 is 5.91 Å². The number of hydrogen-bond acceptors (Lipinski definition) is 5. The second-order valence-electron chi connectivity index (χ2n) is 10.2. The smallest absolute Gasteiger partial charge is 0.296 e. The molecule has 0 spiro atoms. The summed E-state index contributed by atoms with van der Waals surface area (Å²) in [6.45, 7) is 5.46. The summed E-state index contributed by atoms with van der Waals surface area (Å²) in [4.78, 5) is 35.0. The van der Waals surface area contributed by atoms with Crippen molar-refractivity contribution in [2.45, 2.75) is 57.7 Å². The number of nitrogens with two attached hydrogens (primary N) is 1. The van der Waals surface area contributed by atoms with Crippen LogP contribution in [0.1, 0.15) is 71.1 Å². The van der Waals surface area contributed by atoms with Gasteiger partial charge in [0, 0.05) is 12.1 Å². The molecule has 1 amide bonds. The monoisotopic (exact) mass is 524 g/mol. The quantitative estimate of drug-likeness (QED) is 0.381. The molecule has 0 saturated heterocycles. The molecule has 2 aromatic carbocycles. The number of carbonyl (C=O) groups is 1. The van der Waals surface area contributed by atoms with Crippen molar-refractivity contribution in [1.29, 1.82) is 0 Å². The Labute approximate surface area is 229 Å². The fraction of sp³-hybridized carbons (Fsp3) is 0.344. The SMILES string of the molecule is CCC(c1nc2c(c(=O)n1Cc1ccccc1)OC1C=CC=CC21)N(CCCCN)C(=O)c1ccc(C)cc1. The Morgan fingerprint density at radius 3 is 2.54 bits per heavy atom. The maximum Gasteiger partial charge on any atom is 0.296 e. The van der Waals surface area contributed by atoms with Crippen molar-refractivity contribution in [2.75, 3.05) is 13.1 Å². The fourth-order valence-electron chi connectivity index (χ4n) is 5.39. The first kappa shape index (κ1) is 26.6. The normalized spacial score (nSPS) is 17.8. The molecule has 0 bridgehead atoms. The predicted molar refractivity (Wildman–Crippen MR) is 153 cm³/mol. The van der Waals surface area contributed by atoms with Crippen LogP contribution in [0.15, 0.2) is 83.7 Å². The maximum atomic E-state index is 14.0. The van der Waals surface area contributed by atoms with E-state index in [0.29, 0.717) is 48.9 Å². The molecular weight excluding hydrogens is 488 g/mol. The van der Waals surface area contributed by atoms with E-state index in [4.69, 9.17) is 15.5 Å². The molecule has 3 unspecified atom stereocenters. The van der Waals surface area contributed by atoms with Crippen molar-refractivity contribution < 1.29 is 9.53 Å². The summed E-state index contributed by atoms with van der Waals surface area (Å²) < 4.78 is 7.83. The molecule has 39 heavy (non-hydrogen) atoms. The Morgan fingerprint density at radius 1 is 1.08 bits per heavy atom.